The van der Waals surface area contributed by atoms with Gasteiger partial charge in [0.1, 0.15) is 11.6 Å². The number of carbonyl (C=O) groups is 1. The van der Waals surface area contributed by atoms with E-state index < -0.39 is 0 Å². The molecule has 0 saturated carbocycles. The minimum atomic E-state index is 0.249. The Kier molecular flexibility index (Phi) is 6.17. The fraction of sp³-hybridized carbons (Fsp3) is 0.478. The highest BCUT2D eigenvalue weighted by molar-refractivity contribution is 5.77. The summed E-state index contributed by atoms with van der Waals surface area (Å²) < 4.78 is 5.23. The molecule has 2 aliphatic heterocycles. The first-order valence-electron chi connectivity index (χ1n) is 10.6. The van der Waals surface area contributed by atoms with Gasteiger partial charge in [0, 0.05) is 57.6 Å². The summed E-state index contributed by atoms with van der Waals surface area (Å²) in [5.41, 5.74) is 2.39. The largest absolute Gasteiger partial charge is 0.497 e. The average Bonchev–Trinajstić information content (AvgIpc) is 3.33. The van der Waals surface area contributed by atoms with Crippen molar-refractivity contribution < 1.29 is 9.53 Å². The fourth-order valence-corrected chi connectivity index (χ4v) is 4.15. The van der Waals surface area contributed by atoms with Gasteiger partial charge in [-0.25, -0.2) is 4.98 Å². The number of hydrogen-bond acceptors (Lipinski definition) is 5. The molecule has 2 aliphatic rings. The number of rotatable bonds is 6. The SMILES string of the molecule is COc1ccc(N2CCN(C(=O)CCc3ccnc(N4CCCC4)c3)CC2)cc1. The minimum absolute atomic E-state index is 0.249. The van der Waals surface area contributed by atoms with E-state index in [0.717, 1.165) is 57.3 Å². The summed E-state index contributed by atoms with van der Waals surface area (Å²) in [4.78, 5) is 23.9. The molecule has 4 rings (SSSR count). The summed E-state index contributed by atoms with van der Waals surface area (Å²) >= 11 is 0. The fourth-order valence-electron chi connectivity index (χ4n) is 4.15. The normalized spacial score (nSPS) is 16.9. The van der Waals surface area contributed by atoms with Crippen LogP contribution in [0.2, 0.25) is 0 Å². The Balaban J connectivity index is 1.26. The van der Waals surface area contributed by atoms with Gasteiger partial charge in [0.25, 0.3) is 0 Å². The number of ether oxygens (including phenoxy) is 1. The smallest absolute Gasteiger partial charge is 0.223 e. The van der Waals surface area contributed by atoms with Gasteiger partial charge in [-0.2, -0.15) is 0 Å². The maximum absolute atomic E-state index is 12.7. The van der Waals surface area contributed by atoms with Crippen LogP contribution in [0, 0.1) is 0 Å². The number of nitrogens with zero attached hydrogens (tertiary/aromatic N) is 4. The van der Waals surface area contributed by atoms with E-state index in [-0.39, 0.29) is 5.91 Å². The van der Waals surface area contributed by atoms with Crippen LogP contribution < -0.4 is 14.5 Å². The number of carbonyl (C=O) groups excluding carboxylic acids is 1. The standard InChI is InChI=1S/C23H30N4O2/c1-29-21-7-5-20(6-8-21)25-14-16-27(17-15-25)23(28)9-4-19-10-11-24-22(18-19)26-12-2-3-13-26/h5-8,10-11,18H,2-4,9,12-17H2,1H3. The van der Waals surface area contributed by atoms with Crippen molar-refractivity contribution in [3.8, 4) is 5.75 Å². The zero-order valence-corrected chi connectivity index (χ0v) is 17.2. The molecule has 2 aromatic rings. The molecule has 6 nitrogen and oxygen atoms in total. The second-order valence-corrected chi connectivity index (χ2v) is 7.78. The maximum atomic E-state index is 12.7. The van der Waals surface area contributed by atoms with Crippen LogP contribution in [0.3, 0.4) is 0 Å². The molecule has 154 valence electrons. The molecule has 0 aliphatic carbocycles. The van der Waals surface area contributed by atoms with Crippen LogP contribution in [-0.4, -0.2) is 62.2 Å². The van der Waals surface area contributed by atoms with E-state index in [2.05, 4.69) is 33.0 Å². The molecule has 1 aromatic heterocycles. The highest BCUT2D eigenvalue weighted by Gasteiger charge is 2.21. The van der Waals surface area contributed by atoms with Crippen molar-refractivity contribution in [2.75, 3.05) is 56.2 Å². The van der Waals surface area contributed by atoms with E-state index in [0.29, 0.717) is 6.42 Å². The third-order valence-electron chi connectivity index (χ3n) is 5.94. The third kappa shape index (κ3) is 4.81. The number of benzene rings is 1. The van der Waals surface area contributed by atoms with Gasteiger partial charge in [-0.3, -0.25) is 4.79 Å². The van der Waals surface area contributed by atoms with Gasteiger partial charge in [-0.15, -0.1) is 0 Å². The van der Waals surface area contributed by atoms with Crippen LogP contribution in [0.15, 0.2) is 42.6 Å². The van der Waals surface area contributed by atoms with Gasteiger partial charge in [-0.1, -0.05) is 0 Å². The third-order valence-corrected chi connectivity index (χ3v) is 5.94. The monoisotopic (exact) mass is 394 g/mol. The molecular formula is C23H30N4O2. The molecule has 0 bridgehead atoms. The highest BCUT2D eigenvalue weighted by Crippen LogP contribution is 2.22. The van der Waals surface area contributed by atoms with Gasteiger partial charge in [0.2, 0.25) is 5.91 Å². The Bertz CT molecular complexity index is 810. The minimum Gasteiger partial charge on any atom is -0.497 e. The molecule has 29 heavy (non-hydrogen) atoms. The second kappa shape index (κ2) is 9.16. The molecule has 2 saturated heterocycles. The summed E-state index contributed by atoms with van der Waals surface area (Å²) in [6.45, 7) is 5.47. The molecule has 1 amide bonds. The van der Waals surface area contributed by atoms with E-state index in [1.807, 2.05) is 29.3 Å². The average molecular weight is 395 g/mol. The Hall–Kier alpha value is -2.76. The van der Waals surface area contributed by atoms with Crippen LogP contribution >= 0.6 is 0 Å². The van der Waals surface area contributed by atoms with Crippen LogP contribution in [0.1, 0.15) is 24.8 Å². The number of piperazine rings is 1. The molecule has 0 N–H and O–H groups in total. The van der Waals surface area contributed by atoms with Crippen LogP contribution in [-0.2, 0) is 11.2 Å². The number of amides is 1. The van der Waals surface area contributed by atoms with E-state index in [4.69, 9.17) is 4.74 Å². The van der Waals surface area contributed by atoms with Gasteiger partial charge >= 0.3 is 0 Å². The van der Waals surface area contributed by atoms with Gasteiger partial charge in [0.15, 0.2) is 0 Å². The molecule has 1 aromatic carbocycles. The number of aromatic nitrogens is 1. The van der Waals surface area contributed by atoms with Gasteiger partial charge in [-0.05, 0) is 61.2 Å². The van der Waals surface area contributed by atoms with E-state index in [1.165, 1.54) is 24.1 Å². The van der Waals surface area contributed by atoms with Crippen molar-refractivity contribution in [1.29, 1.82) is 0 Å². The lowest BCUT2D eigenvalue weighted by Gasteiger charge is -2.36. The lowest BCUT2D eigenvalue weighted by atomic mass is 10.1. The number of anilines is 2. The van der Waals surface area contributed by atoms with Crippen molar-refractivity contribution in [3.05, 3.63) is 48.2 Å². The maximum Gasteiger partial charge on any atom is 0.223 e. The predicted octanol–water partition coefficient (Wildman–Crippen LogP) is 2.97. The zero-order valence-electron chi connectivity index (χ0n) is 17.2. The van der Waals surface area contributed by atoms with Crippen molar-refractivity contribution in [2.24, 2.45) is 0 Å². The summed E-state index contributed by atoms with van der Waals surface area (Å²) in [6, 6.07) is 12.3. The molecule has 0 spiro atoms. The molecule has 0 atom stereocenters. The quantitative estimate of drug-likeness (QED) is 0.754. The lowest BCUT2D eigenvalue weighted by Crippen LogP contribution is -2.48. The van der Waals surface area contributed by atoms with Crippen molar-refractivity contribution >= 4 is 17.4 Å². The summed E-state index contributed by atoms with van der Waals surface area (Å²) in [6.07, 6.45) is 5.70. The van der Waals surface area contributed by atoms with Crippen LogP contribution in [0.5, 0.6) is 5.75 Å². The van der Waals surface area contributed by atoms with Crippen LogP contribution in [0.25, 0.3) is 0 Å². The summed E-state index contributed by atoms with van der Waals surface area (Å²) in [7, 11) is 1.68. The van der Waals surface area contributed by atoms with E-state index in [9.17, 15) is 4.79 Å². The molecule has 0 radical (unpaired) electrons. The second-order valence-electron chi connectivity index (χ2n) is 7.78. The zero-order chi connectivity index (χ0) is 20.1. The van der Waals surface area contributed by atoms with Gasteiger partial charge in [0.05, 0.1) is 7.11 Å². The summed E-state index contributed by atoms with van der Waals surface area (Å²) in [5.74, 6) is 2.17. The molecular weight excluding hydrogens is 364 g/mol. The number of pyridine rings is 1. The number of aryl methyl sites for hydroxylation is 1. The van der Waals surface area contributed by atoms with E-state index >= 15 is 0 Å². The van der Waals surface area contributed by atoms with Crippen molar-refractivity contribution in [2.45, 2.75) is 25.7 Å². The Morgan fingerprint density at radius 2 is 1.69 bits per heavy atom. The number of hydrogen-bond donors (Lipinski definition) is 0. The number of methoxy groups -OCH3 is 1. The van der Waals surface area contributed by atoms with E-state index in [1.54, 1.807) is 7.11 Å². The Labute approximate surface area is 173 Å². The molecule has 2 fully saturated rings. The summed E-state index contributed by atoms with van der Waals surface area (Å²) in [5, 5.41) is 0. The molecule has 0 unspecified atom stereocenters. The highest BCUT2D eigenvalue weighted by atomic mass is 16.5. The molecule has 3 heterocycles. The predicted molar refractivity (Wildman–Crippen MR) is 116 cm³/mol. The Morgan fingerprint density at radius 3 is 2.38 bits per heavy atom. The van der Waals surface area contributed by atoms with Crippen LogP contribution in [0.4, 0.5) is 11.5 Å². The topological polar surface area (TPSA) is 48.9 Å². The first-order valence-corrected chi connectivity index (χ1v) is 10.6. The Morgan fingerprint density at radius 1 is 0.966 bits per heavy atom. The molecule has 6 heteroatoms. The lowest BCUT2D eigenvalue weighted by molar-refractivity contribution is -0.131. The first-order chi connectivity index (χ1) is 14.2. The van der Waals surface area contributed by atoms with Gasteiger partial charge < -0.3 is 19.4 Å². The first kappa shape index (κ1) is 19.6. The van der Waals surface area contributed by atoms with Crippen molar-refractivity contribution in [1.82, 2.24) is 9.88 Å². The van der Waals surface area contributed by atoms with Crippen molar-refractivity contribution in [3.63, 3.8) is 0 Å².